The van der Waals surface area contributed by atoms with Crippen LogP contribution in [0.2, 0.25) is 0 Å². The number of aryl methyl sites for hydroxylation is 1. The number of nitrogens with zero attached hydrogens (tertiary/aromatic N) is 1. The van der Waals surface area contributed by atoms with Crippen LogP contribution >= 0.6 is 0 Å². The molecule has 0 aromatic heterocycles. The molecule has 0 aliphatic carbocycles. The van der Waals surface area contributed by atoms with Gasteiger partial charge in [-0.05, 0) is 25.5 Å². The Morgan fingerprint density at radius 3 is 2.35 bits per heavy atom. The van der Waals surface area contributed by atoms with E-state index in [4.69, 9.17) is 0 Å². The summed E-state index contributed by atoms with van der Waals surface area (Å²) in [6.07, 6.45) is 4.89. The summed E-state index contributed by atoms with van der Waals surface area (Å²) < 4.78 is 0. The van der Waals surface area contributed by atoms with Crippen LogP contribution in [0.15, 0.2) is 60.2 Å². The molecule has 1 aromatic rings. The monoisotopic (exact) mass is 267 g/mol. The van der Waals surface area contributed by atoms with Crippen LogP contribution in [0.5, 0.6) is 0 Å². The van der Waals surface area contributed by atoms with Crippen molar-refractivity contribution in [1.29, 1.82) is 0 Å². The maximum absolute atomic E-state index is 12.3. The highest BCUT2D eigenvalue weighted by molar-refractivity contribution is 6.20. The van der Waals surface area contributed by atoms with Gasteiger partial charge in [-0.15, -0.1) is 0 Å². The van der Waals surface area contributed by atoms with Crippen molar-refractivity contribution in [3.63, 3.8) is 0 Å². The molecule has 2 amide bonds. The summed E-state index contributed by atoms with van der Waals surface area (Å²) in [5.74, 6) is -0.467. The Morgan fingerprint density at radius 1 is 1.10 bits per heavy atom. The lowest BCUT2D eigenvalue weighted by molar-refractivity contribution is -0.138. The minimum Gasteiger partial charge on any atom is -0.270 e. The second-order valence-electron chi connectivity index (χ2n) is 4.82. The Morgan fingerprint density at radius 2 is 1.75 bits per heavy atom. The van der Waals surface area contributed by atoms with E-state index in [0.717, 1.165) is 11.1 Å². The van der Waals surface area contributed by atoms with E-state index >= 15 is 0 Å². The van der Waals surface area contributed by atoms with Gasteiger partial charge in [0.2, 0.25) is 0 Å². The third-order valence-corrected chi connectivity index (χ3v) is 3.31. The van der Waals surface area contributed by atoms with Crippen LogP contribution in [0.3, 0.4) is 0 Å². The molecule has 102 valence electrons. The zero-order valence-electron chi connectivity index (χ0n) is 11.7. The summed E-state index contributed by atoms with van der Waals surface area (Å²) in [6.45, 7) is 7.55. The molecule has 1 aliphatic rings. The average molecular weight is 267 g/mol. The van der Waals surface area contributed by atoms with Gasteiger partial charge in [-0.25, -0.2) is 0 Å². The number of carbonyl (C=O) groups is 2. The Bertz CT molecular complexity index is 621. The van der Waals surface area contributed by atoms with Crippen LogP contribution in [0.1, 0.15) is 18.1 Å². The summed E-state index contributed by atoms with van der Waals surface area (Å²) in [6, 6.07) is 7.81. The van der Waals surface area contributed by atoms with Crippen LogP contribution in [-0.4, -0.2) is 16.7 Å². The molecule has 0 saturated carbocycles. The molecule has 0 atom stereocenters. The quantitative estimate of drug-likeness (QED) is 0.621. The lowest BCUT2D eigenvalue weighted by Crippen LogP contribution is -2.30. The van der Waals surface area contributed by atoms with Crippen LogP contribution in [0, 0.1) is 6.92 Å². The zero-order valence-corrected chi connectivity index (χ0v) is 11.7. The van der Waals surface area contributed by atoms with E-state index in [1.807, 2.05) is 31.2 Å². The molecule has 0 spiro atoms. The molecular formula is C17H17NO2. The van der Waals surface area contributed by atoms with E-state index < -0.39 is 0 Å². The summed E-state index contributed by atoms with van der Waals surface area (Å²) in [5.41, 5.74) is 3.03. The molecule has 0 unspecified atom stereocenters. The first kappa shape index (κ1) is 14.0. The van der Waals surface area contributed by atoms with Gasteiger partial charge >= 0.3 is 0 Å². The number of hydrogen-bond donors (Lipinski definition) is 0. The number of imide groups is 1. The van der Waals surface area contributed by atoms with Gasteiger partial charge in [-0.1, -0.05) is 48.6 Å². The van der Waals surface area contributed by atoms with Crippen LogP contribution in [-0.2, 0) is 16.1 Å². The van der Waals surface area contributed by atoms with E-state index in [0.29, 0.717) is 17.7 Å². The predicted molar refractivity (Wildman–Crippen MR) is 78.8 cm³/mol. The van der Waals surface area contributed by atoms with Crippen molar-refractivity contribution in [2.24, 2.45) is 0 Å². The van der Waals surface area contributed by atoms with Gasteiger partial charge in [-0.3, -0.25) is 14.5 Å². The van der Waals surface area contributed by atoms with Crippen molar-refractivity contribution < 1.29 is 9.59 Å². The molecule has 20 heavy (non-hydrogen) atoms. The van der Waals surface area contributed by atoms with Gasteiger partial charge in [-0.2, -0.15) is 0 Å². The normalized spacial score (nSPS) is 15.6. The second-order valence-corrected chi connectivity index (χ2v) is 4.82. The Hall–Kier alpha value is -2.42. The van der Waals surface area contributed by atoms with E-state index in [9.17, 15) is 9.59 Å². The van der Waals surface area contributed by atoms with Crippen molar-refractivity contribution in [2.45, 2.75) is 20.4 Å². The molecule has 3 heteroatoms. The number of benzene rings is 1. The lowest BCUT2D eigenvalue weighted by atomic mass is 10.1. The largest absolute Gasteiger partial charge is 0.270 e. The SMILES string of the molecule is C=C/C=C\C1=C(C)C(=O)N(Cc2ccc(C)cc2)C1=O. The molecule has 2 rings (SSSR count). The van der Waals surface area contributed by atoms with Crippen LogP contribution in [0.4, 0.5) is 0 Å². The molecule has 0 N–H and O–H groups in total. The fraction of sp³-hybridized carbons (Fsp3) is 0.176. The second kappa shape index (κ2) is 5.70. The molecule has 0 radical (unpaired) electrons. The van der Waals surface area contributed by atoms with Crippen LogP contribution < -0.4 is 0 Å². The van der Waals surface area contributed by atoms with E-state index in [2.05, 4.69) is 6.58 Å². The highest BCUT2D eigenvalue weighted by atomic mass is 16.2. The first-order chi connectivity index (χ1) is 9.54. The highest BCUT2D eigenvalue weighted by Gasteiger charge is 2.34. The Kier molecular flexibility index (Phi) is 3.99. The average Bonchev–Trinajstić information content (AvgIpc) is 2.63. The number of carbonyl (C=O) groups excluding carboxylic acids is 2. The Labute approximate surface area is 118 Å². The maximum atomic E-state index is 12.3. The third kappa shape index (κ3) is 2.62. The van der Waals surface area contributed by atoms with Gasteiger partial charge in [0.1, 0.15) is 0 Å². The number of amides is 2. The van der Waals surface area contributed by atoms with E-state index in [1.165, 1.54) is 4.90 Å². The summed E-state index contributed by atoms with van der Waals surface area (Å²) >= 11 is 0. The minimum absolute atomic E-state index is 0.223. The molecule has 3 nitrogen and oxygen atoms in total. The molecule has 0 fully saturated rings. The van der Waals surface area contributed by atoms with Gasteiger partial charge < -0.3 is 0 Å². The van der Waals surface area contributed by atoms with Gasteiger partial charge in [0.05, 0.1) is 6.54 Å². The first-order valence-electron chi connectivity index (χ1n) is 6.46. The van der Waals surface area contributed by atoms with Crippen LogP contribution in [0.25, 0.3) is 0 Å². The minimum atomic E-state index is -0.244. The van der Waals surface area contributed by atoms with E-state index in [1.54, 1.807) is 25.2 Å². The molecule has 1 aromatic carbocycles. The standard InChI is InChI=1S/C17H17NO2/c1-4-5-6-15-13(3)16(19)18(17(15)20)11-14-9-7-12(2)8-10-14/h4-10H,1,11H2,2-3H3/b6-5-. The van der Waals surface area contributed by atoms with Crippen molar-refractivity contribution in [3.8, 4) is 0 Å². The van der Waals surface area contributed by atoms with Crippen molar-refractivity contribution in [1.82, 2.24) is 4.90 Å². The van der Waals surface area contributed by atoms with Crippen molar-refractivity contribution >= 4 is 11.8 Å². The van der Waals surface area contributed by atoms with Gasteiger partial charge in [0.15, 0.2) is 0 Å². The number of hydrogen-bond acceptors (Lipinski definition) is 2. The zero-order chi connectivity index (χ0) is 14.7. The highest BCUT2D eigenvalue weighted by Crippen LogP contribution is 2.23. The molecule has 1 aliphatic heterocycles. The summed E-state index contributed by atoms with van der Waals surface area (Å²) in [4.78, 5) is 25.7. The smallest absolute Gasteiger partial charge is 0.261 e. The maximum Gasteiger partial charge on any atom is 0.261 e. The van der Waals surface area contributed by atoms with Crippen molar-refractivity contribution in [3.05, 3.63) is 71.3 Å². The number of allylic oxidation sites excluding steroid dienone is 2. The molecular weight excluding hydrogens is 250 g/mol. The molecule has 1 heterocycles. The van der Waals surface area contributed by atoms with Gasteiger partial charge in [0.25, 0.3) is 11.8 Å². The fourth-order valence-corrected chi connectivity index (χ4v) is 2.10. The Balaban J connectivity index is 2.22. The summed E-state index contributed by atoms with van der Waals surface area (Å²) in [7, 11) is 0. The lowest BCUT2D eigenvalue weighted by Gasteiger charge is -2.14. The number of rotatable bonds is 4. The van der Waals surface area contributed by atoms with Gasteiger partial charge in [0, 0.05) is 11.1 Å². The van der Waals surface area contributed by atoms with Crippen molar-refractivity contribution in [2.75, 3.05) is 0 Å². The first-order valence-corrected chi connectivity index (χ1v) is 6.46. The fourth-order valence-electron chi connectivity index (χ4n) is 2.10. The third-order valence-electron chi connectivity index (χ3n) is 3.31. The topological polar surface area (TPSA) is 37.4 Å². The predicted octanol–water partition coefficient (Wildman–Crippen LogP) is 2.92. The molecule has 0 saturated heterocycles. The molecule has 0 bridgehead atoms. The summed E-state index contributed by atoms with van der Waals surface area (Å²) in [5, 5.41) is 0. The van der Waals surface area contributed by atoms with E-state index in [-0.39, 0.29) is 11.8 Å².